The number of rotatable bonds is 3. The molecule has 2 aliphatic heterocycles. The Labute approximate surface area is 121 Å². The number of nitriles is 1. The summed E-state index contributed by atoms with van der Waals surface area (Å²) in [5, 5.41) is 12.4. The molecule has 0 radical (unpaired) electrons. The van der Waals surface area contributed by atoms with Crippen LogP contribution < -0.4 is 5.32 Å². The van der Waals surface area contributed by atoms with Crippen molar-refractivity contribution in [2.24, 2.45) is 0 Å². The van der Waals surface area contributed by atoms with Gasteiger partial charge in [0.25, 0.3) is 0 Å². The van der Waals surface area contributed by atoms with Crippen LogP contribution in [0.2, 0.25) is 0 Å². The van der Waals surface area contributed by atoms with E-state index in [2.05, 4.69) is 34.2 Å². The minimum atomic E-state index is 0.405. The first-order valence-electron chi connectivity index (χ1n) is 7.47. The zero-order valence-corrected chi connectivity index (χ0v) is 12.0. The van der Waals surface area contributed by atoms with Gasteiger partial charge in [-0.25, -0.2) is 0 Å². The molecule has 0 amide bonds. The first kappa shape index (κ1) is 13.6. The zero-order valence-electron chi connectivity index (χ0n) is 12.0. The average molecular weight is 270 g/mol. The number of hydrogen-bond acceptors (Lipinski definition) is 4. The van der Waals surface area contributed by atoms with Crippen LogP contribution in [-0.2, 0) is 0 Å². The van der Waals surface area contributed by atoms with E-state index in [1.54, 1.807) is 0 Å². The summed E-state index contributed by atoms with van der Waals surface area (Å²) in [5.74, 6) is 0. The quantitative estimate of drug-likeness (QED) is 0.896. The van der Waals surface area contributed by atoms with Gasteiger partial charge in [0, 0.05) is 51.4 Å². The minimum Gasteiger partial charge on any atom is -0.314 e. The predicted molar refractivity (Wildman–Crippen MR) is 79.4 cm³/mol. The molecule has 0 spiro atoms. The summed E-state index contributed by atoms with van der Waals surface area (Å²) in [6.07, 6.45) is 0. The third-order valence-electron chi connectivity index (χ3n) is 4.60. The molecule has 2 aliphatic rings. The summed E-state index contributed by atoms with van der Waals surface area (Å²) in [6.45, 7) is 9.14. The highest BCUT2D eigenvalue weighted by Crippen LogP contribution is 2.28. The van der Waals surface area contributed by atoms with Crippen LogP contribution in [0, 0.1) is 11.3 Å². The molecule has 4 heteroatoms. The second-order valence-corrected chi connectivity index (χ2v) is 5.81. The van der Waals surface area contributed by atoms with Gasteiger partial charge >= 0.3 is 0 Å². The van der Waals surface area contributed by atoms with Crippen LogP contribution in [0.1, 0.15) is 24.1 Å². The molecule has 1 unspecified atom stereocenters. The second-order valence-electron chi connectivity index (χ2n) is 5.81. The van der Waals surface area contributed by atoms with Crippen LogP contribution >= 0.6 is 0 Å². The fraction of sp³-hybridized carbons (Fsp3) is 0.562. The number of nitrogens with zero attached hydrogens (tertiary/aromatic N) is 3. The smallest absolute Gasteiger partial charge is 0.0991 e. The van der Waals surface area contributed by atoms with Crippen molar-refractivity contribution in [3.05, 3.63) is 35.4 Å². The Morgan fingerprint density at radius 2 is 2.05 bits per heavy atom. The summed E-state index contributed by atoms with van der Waals surface area (Å²) < 4.78 is 0. The van der Waals surface area contributed by atoms with Crippen LogP contribution in [0.4, 0.5) is 0 Å². The molecule has 1 aromatic rings. The maximum atomic E-state index is 8.99. The maximum absolute atomic E-state index is 8.99. The molecule has 0 aliphatic carbocycles. The third kappa shape index (κ3) is 2.71. The van der Waals surface area contributed by atoms with Crippen molar-refractivity contribution >= 4 is 0 Å². The minimum absolute atomic E-state index is 0.405. The van der Waals surface area contributed by atoms with Crippen LogP contribution in [0.3, 0.4) is 0 Å². The van der Waals surface area contributed by atoms with Gasteiger partial charge in [-0.2, -0.15) is 5.26 Å². The van der Waals surface area contributed by atoms with Crippen molar-refractivity contribution in [2.45, 2.75) is 19.0 Å². The highest BCUT2D eigenvalue weighted by Gasteiger charge is 2.35. The highest BCUT2D eigenvalue weighted by atomic mass is 15.3. The lowest BCUT2D eigenvalue weighted by Gasteiger charge is -2.49. The normalized spacial score (nSPS) is 23.0. The lowest BCUT2D eigenvalue weighted by atomic mass is 9.98. The number of hydrogen-bond donors (Lipinski definition) is 1. The van der Waals surface area contributed by atoms with Gasteiger partial charge in [-0.05, 0) is 24.6 Å². The Hall–Kier alpha value is -1.41. The van der Waals surface area contributed by atoms with Crippen molar-refractivity contribution in [2.75, 3.05) is 39.3 Å². The van der Waals surface area contributed by atoms with E-state index in [9.17, 15) is 0 Å². The van der Waals surface area contributed by atoms with Gasteiger partial charge in [0.2, 0.25) is 0 Å². The lowest BCUT2D eigenvalue weighted by Crippen LogP contribution is -2.62. The summed E-state index contributed by atoms with van der Waals surface area (Å²) in [5.41, 5.74) is 2.01. The number of piperazine rings is 1. The molecule has 3 rings (SSSR count). The van der Waals surface area contributed by atoms with Gasteiger partial charge in [0.05, 0.1) is 11.6 Å². The van der Waals surface area contributed by atoms with Crippen molar-refractivity contribution in [1.82, 2.24) is 15.1 Å². The highest BCUT2D eigenvalue weighted by molar-refractivity contribution is 5.34. The number of likely N-dealkylation sites (tertiary alicyclic amines) is 1. The van der Waals surface area contributed by atoms with Gasteiger partial charge in [0.1, 0.15) is 0 Å². The van der Waals surface area contributed by atoms with Gasteiger partial charge < -0.3 is 5.32 Å². The van der Waals surface area contributed by atoms with Crippen molar-refractivity contribution in [3.8, 4) is 6.07 Å². The van der Waals surface area contributed by atoms with Gasteiger partial charge in [-0.15, -0.1) is 0 Å². The first-order valence-corrected chi connectivity index (χ1v) is 7.47. The van der Waals surface area contributed by atoms with Crippen LogP contribution in [0.5, 0.6) is 0 Å². The Bertz CT molecular complexity index is 495. The van der Waals surface area contributed by atoms with E-state index < -0.39 is 0 Å². The molecule has 0 saturated carbocycles. The summed E-state index contributed by atoms with van der Waals surface area (Å²) >= 11 is 0. The fourth-order valence-corrected chi connectivity index (χ4v) is 3.16. The number of nitrogens with one attached hydrogen (secondary N) is 1. The molecule has 20 heavy (non-hydrogen) atoms. The summed E-state index contributed by atoms with van der Waals surface area (Å²) in [6, 6.07) is 11.4. The molecule has 4 nitrogen and oxygen atoms in total. The van der Waals surface area contributed by atoms with Crippen LogP contribution in [-0.4, -0.2) is 55.1 Å². The van der Waals surface area contributed by atoms with E-state index in [1.807, 2.05) is 18.2 Å². The van der Waals surface area contributed by atoms with E-state index in [-0.39, 0.29) is 0 Å². The molecule has 1 aromatic carbocycles. The van der Waals surface area contributed by atoms with Crippen LogP contribution in [0.15, 0.2) is 24.3 Å². The summed E-state index contributed by atoms with van der Waals surface area (Å²) in [7, 11) is 0. The van der Waals surface area contributed by atoms with Gasteiger partial charge in [-0.3, -0.25) is 9.80 Å². The largest absolute Gasteiger partial charge is 0.314 e. The van der Waals surface area contributed by atoms with Gasteiger partial charge in [0.15, 0.2) is 0 Å². The van der Waals surface area contributed by atoms with E-state index >= 15 is 0 Å². The van der Waals surface area contributed by atoms with E-state index in [1.165, 1.54) is 18.7 Å². The van der Waals surface area contributed by atoms with E-state index in [0.717, 1.165) is 37.8 Å². The first-order chi connectivity index (χ1) is 9.78. The standard InChI is InChI=1S/C16H22N4/c1-13(15-4-2-3-14(9-15)10-17)20-11-16(12-20)19-7-5-18-6-8-19/h2-4,9,13,16,18H,5-8,11-12H2,1H3. The van der Waals surface area contributed by atoms with Crippen molar-refractivity contribution in [1.29, 1.82) is 5.26 Å². The molecule has 2 saturated heterocycles. The molecular weight excluding hydrogens is 248 g/mol. The Morgan fingerprint density at radius 3 is 2.75 bits per heavy atom. The number of benzene rings is 1. The Balaban J connectivity index is 1.57. The monoisotopic (exact) mass is 270 g/mol. The topological polar surface area (TPSA) is 42.3 Å². The Kier molecular flexibility index (Phi) is 4.02. The lowest BCUT2D eigenvalue weighted by molar-refractivity contribution is 0.00347. The Morgan fingerprint density at radius 1 is 1.30 bits per heavy atom. The molecule has 2 fully saturated rings. The van der Waals surface area contributed by atoms with E-state index in [0.29, 0.717) is 6.04 Å². The van der Waals surface area contributed by atoms with Gasteiger partial charge in [-0.1, -0.05) is 12.1 Å². The molecule has 106 valence electrons. The van der Waals surface area contributed by atoms with Crippen LogP contribution in [0.25, 0.3) is 0 Å². The summed E-state index contributed by atoms with van der Waals surface area (Å²) in [4.78, 5) is 5.11. The zero-order chi connectivity index (χ0) is 13.9. The van der Waals surface area contributed by atoms with Crippen molar-refractivity contribution in [3.63, 3.8) is 0 Å². The van der Waals surface area contributed by atoms with Crippen molar-refractivity contribution < 1.29 is 0 Å². The molecule has 0 bridgehead atoms. The molecular formula is C16H22N4. The average Bonchev–Trinajstić information content (AvgIpc) is 2.47. The molecule has 0 aromatic heterocycles. The fourth-order valence-electron chi connectivity index (χ4n) is 3.16. The molecule has 1 N–H and O–H groups in total. The predicted octanol–water partition coefficient (Wildman–Crippen LogP) is 1.21. The third-order valence-corrected chi connectivity index (χ3v) is 4.60. The molecule has 1 atom stereocenters. The second kappa shape index (κ2) is 5.92. The maximum Gasteiger partial charge on any atom is 0.0991 e. The SMILES string of the molecule is CC(c1cccc(C#N)c1)N1CC(N2CCNCC2)C1. The van der Waals surface area contributed by atoms with E-state index in [4.69, 9.17) is 5.26 Å². The molecule has 2 heterocycles.